The molecule has 3 amide bonds. The van der Waals surface area contributed by atoms with Crippen molar-refractivity contribution in [3.05, 3.63) is 78.9 Å². The topological polar surface area (TPSA) is 93.6 Å². The number of aliphatic hydroxyl groups is 1. The van der Waals surface area contributed by atoms with Gasteiger partial charge in [0.2, 0.25) is 11.8 Å². The van der Waals surface area contributed by atoms with Crippen LogP contribution in [0.3, 0.4) is 0 Å². The molecule has 4 aliphatic rings. The van der Waals surface area contributed by atoms with Crippen LogP contribution in [-0.4, -0.2) is 83.8 Å². The quantitative estimate of drug-likeness (QED) is 0.428. The summed E-state index contributed by atoms with van der Waals surface area (Å²) in [7, 11) is 0. The molecule has 1 N–H and O–H groups in total. The molecule has 0 radical (unpaired) electrons. The summed E-state index contributed by atoms with van der Waals surface area (Å²) in [6.45, 7) is 10.2. The first-order chi connectivity index (χ1) is 21.8. The summed E-state index contributed by atoms with van der Waals surface area (Å²) in [5.41, 5.74) is 0.0749. The summed E-state index contributed by atoms with van der Waals surface area (Å²) < 4.78 is 7.09. The maximum absolute atomic E-state index is 14.8. The van der Waals surface area contributed by atoms with E-state index < -0.39 is 35.1 Å². The first kappa shape index (κ1) is 31.0. The number of carbonyl (C=O) groups is 3. The Kier molecular flexibility index (Phi) is 8.35. The van der Waals surface area contributed by atoms with E-state index in [1.807, 2.05) is 92.7 Å². The van der Waals surface area contributed by atoms with Crippen LogP contribution >= 0.6 is 0 Å². The number of amides is 3. The number of carbonyl (C=O) groups excluding carboxylic acids is 3. The Labute approximate surface area is 265 Å². The fraction of sp³-hybridized carbons (Fsp3) is 0.472. The van der Waals surface area contributed by atoms with E-state index in [2.05, 4.69) is 18.7 Å². The van der Waals surface area contributed by atoms with Crippen LogP contribution < -0.4 is 14.7 Å². The third kappa shape index (κ3) is 4.70. The number of likely N-dealkylation sites (tertiary alicyclic amines) is 1. The van der Waals surface area contributed by atoms with Gasteiger partial charge in [-0.1, -0.05) is 56.4 Å². The average molecular weight is 613 g/mol. The molecule has 4 aliphatic heterocycles. The number of anilines is 3. The molecule has 238 valence electrons. The fourth-order valence-electron chi connectivity index (χ4n) is 8.01. The molecule has 2 aromatic carbocycles. The van der Waals surface area contributed by atoms with Crippen molar-refractivity contribution in [3.8, 4) is 0 Å². The molecule has 0 aliphatic carbocycles. The van der Waals surface area contributed by atoms with Gasteiger partial charge >= 0.3 is 0 Å². The van der Waals surface area contributed by atoms with E-state index in [0.29, 0.717) is 31.6 Å². The van der Waals surface area contributed by atoms with Crippen LogP contribution in [0.15, 0.2) is 78.9 Å². The van der Waals surface area contributed by atoms with E-state index in [0.717, 1.165) is 24.5 Å². The minimum absolute atomic E-state index is 0.199. The molecule has 9 nitrogen and oxygen atoms in total. The number of hydrogen-bond acceptors (Lipinski definition) is 6. The molecule has 6 rings (SSSR count). The SMILES string of the molecule is CC[C@@H](CO)N1C(=O)[C@@H]2[C@@H]3C(=O)N(c4ccccc4)CC=C[C@]3(CC)O[C@@]23C=CCN(c2ccc(N(CC)CC)cc2)C(=O)C13. The minimum atomic E-state index is -1.38. The largest absolute Gasteiger partial charge is 0.394 e. The van der Waals surface area contributed by atoms with Crippen molar-refractivity contribution in [1.82, 2.24) is 4.90 Å². The van der Waals surface area contributed by atoms with Crippen LogP contribution in [0.1, 0.15) is 40.5 Å². The van der Waals surface area contributed by atoms with Crippen LogP contribution in [-0.2, 0) is 19.1 Å². The lowest BCUT2D eigenvalue weighted by molar-refractivity contribution is -0.149. The third-order valence-electron chi connectivity index (χ3n) is 10.3. The zero-order valence-corrected chi connectivity index (χ0v) is 26.6. The van der Waals surface area contributed by atoms with E-state index in [4.69, 9.17) is 4.74 Å². The standard InChI is InChI=1S/C36H44N4O5/c1-5-25(24-41)40-31-34(44)39(28-18-16-26(17-19-28)37(7-3)8-4)23-13-21-36(31)30(33(40)43)29-32(42)38(27-14-10-9-11-15-27)22-12-20-35(29,6-2)45-36/h9-21,25,29-31,41H,5-8,22-24H2,1-4H3/t25-,29+,30-,31?,35-,36-/m0/s1. The van der Waals surface area contributed by atoms with Gasteiger partial charge in [-0.3, -0.25) is 14.4 Å². The number of benzene rings is 2. The van der Waals surface area contributed by atoms with E-state index in [1.165, 1.54) is 4.90 Å². The van der Waals surface area contributed by atoms with Gasteiger partial charge in [-0.25, -0.2) is 0 Å². The smallest absolute Gasteiger partial charge is 0.253 e. The zero-order valence-electron chi connectivity index (χ0n) is 26.6. The van der Waals surface area contributed by atoms with Crippen molar-refractivity contribution in [2.45, 2.75) is 63.8 Å². The Hall–Kier alpha value is -3.95. The van der Waals surface area contributed by atoms with Crippen molar-refractivity contribution in [2.24, 2.45) is 11.8 Å². The molecule has 2 fully saturated rings. The molecule has 9 heteroatoms. The van der Waals surface area contributed by atoms with E-state index in [-0.39, 0.29) is 24.3 Å². The summed E-state index contributed by atoms with van der Waals surface area (Å²) >= 11 is 0. The Morgan fingerprint density at radius 3 is 2.04 bits per heavy atom. The highest BCUT2D eigenvalue weighted by Crippen LogP contribution is 2.59. The third-order valence-corrected chi connectivity index (χ3v) is 10.3. The first-order valence-electron chi connectivity index (χ1n) is 16.3. The highest BCUT2D eigenvalue weighted by Gasteiger charge is 2.76. The summed E-state index contributed by atoms with van der Waals surface area (Å²) in [6, 6.07) is 15.7. The first-order valence-corrected chi connectivity index (χ1v) is 16.3. The molecule has 45 heavy (non-hydrogen) atoms. The van der Waals surface area contributed by atoms with Gasteiger partial charge in [0, 0.05) is 43.2 Å². The van der Waals surface area contributed by atoms with Crippen molar-refractivity contribution in [3.63, 3.8) is 0 Å². The molecule has 0 aromatic heterocycles. The minimum Gasteiger partial charge on any atom is -0.394 e. The Morgan fingerprint density at radius 1 is 0.822 bits per heavy atom. The number of rotatable bonds is 9. The number of para-hydroxylation sites is 1. The molecular weight excluding hydrogens is 568 g/mol. The van der Waals surface area contributed by atoms with Crippen LogP contribution in [0, 0.1) is 11.8 Å². The zero-order chi connectivity index (χ0) is 31.9. The van der Waals surface area contributed by atoms with E-state index in [1.54, 1.807) is 9.80 Å². The predicted octanol–water partition coefficient (Wildman–Crippen LogP) is 4.17. The molecule has 0 bridgehead atoms. The number of hydrogen-bond donors (Lipinski definition) is 1. The maximum Gasteiger partial charge on any atom is 0.253 e. The van der Waals surface area contributed by atoms with Crippen LogP contribution in [0.25, 0.3) is 0 Å². The molecular formula is C36H44N4O5. The predicted molar refractivity (Wildman–Crippen MR) is 175 cm³/mol. The van der Waals surface area contributed by atoms with Gasteiger partial charge in [-0.15, -0.1) is 0 Å². The van der Waals surface area contributed by atoms with Crippen molar-refractivity contribution in [2.75, 3.05) is 47.5 Å². The highest BCUT2D eigenvalue weighted by molar-refractivity contribution is 6.07. The van der Waals surface area contributed by atoms with Crippen LogP contribution in [0.5, 0.6) is 0 Å². The van der Waals surface area contributed by atoms with Gasteiger partial charge in [0.25, 0.3) is 5.91 Å². The average Bonchev–Trinajstić information content (AvgIpc) is 3.36. The van der Waals surface area contributed by atoms with Crippen molar-refractivity contribution in [1.29, 1.82) is 0 Å². The Balaban J connectivity index is 1.46. The van der Waals surface area contributed by atoms with Gasteiger partial charge in [0.1, 0.15) is 11.6 Å². The monoisotopic (exact) mass is 612 g/mol. The molecule has 2 aromatic rings. The van der Waals surface area contributed by atoms with Crippen molar-refractivity contribution >= 4 is 34.8 Å². The van der Waals surface area contributed by atoms with Gasteiger partial charge in [-0.05, 0) is 63.1 Å². The number of aliphatic hydroxyl groups excluding tert-OH is 1. The molecule has 4 heterocycles. The molecule has 6 atom stereocenters. The van der Waals surface area contributed by atoms with E-state index >= 15 is 0 Å². The van der Waals surface area contributed by atoms with Crippen molar-refractivity contribution < 1.29 is 24.2 Å². The summed E-state index contributed by atoms with van der Waals surface area (Å²) in [4.78, 5) is 51.4. The summed E-state index contributed by atoms with van der Waals surface area (Å²) in [5.74, 6) is -2.59. The second-order valence-electron chi connectivity index (χ2n) is 12.3. The van der Waals surface area contributed by atoms with Gasteiger partial charge in [-0.2, -0.15) is 0 Å². The Morgan fingerprint density at radius 2 is 1.44 bits per heavy atom. The lowest BCUT2D eigenvalue weighted by Crippen LogP contribution is -2.59. The molecule has 1 spiro atoms. The summed E-state index contributed by atoms with van der Waals surface area (Å²) in [6.07, 6.45) is 8.56. The normalized spacial score (nSPS) is 29.8. The van der Waals surface area contributed by atoms with E-state index in [9.17, 15) is 19.5 Å². The van der Waals surface area contributed by atoms with Crippen LogP contribution in [0.2, 0.25) is 0 Å². The molecule has 0 saturated carbocycles. The highest BCUT2D eigenvalue weighted by atomic mass is 16.5. The number of fused-ring (bicyclic) bond motifs is 2. The van der Waals surface area contributed by atoms with Crippen LogP contribution in [0.4, 0.5) is 17.1 Å². The van der Waals surface area contributed by atoms with Gasteiger partial charge < -0.3 is 29.4 Å². The summed E-state index contributed by atoms with van der Waals surface area (Å²) in [5, 5.41) is 10.5. The lowest BCUT2D eigenvalue weighted by Gasteiger charge is -2.40. The van der Waals surface area contributed by atoms with Gasteiger partial charge in [0.15, 0.2) is 0 Å². The number of ether oxygens (including phenoxy) is 1. The van der Waals surface area contributed by atoms with Gasteiger partial charge in [0.05, 0.1) is 30.1 Å². The fourth-order valence-corrected chi connectivity index (χ4v) is 8.01. The molecule has 2 saturated heterocycles. The lowest BCUT2D eigenvalue weighted by atomic mass is 9.73. The second kappa shape index (κ2) is 12.1. The second-order valence-corrected chi connectivity index (χ2v) is 12.3. The molecule has 1 unspecified atom stereocenters. The number of nitrogens with zero attached hydrogens (tertiary/aromatic N) is 4. The Bertz CT molecular complexity index is 1480. The maximum atomic E-state index is 14.8.